The number of ether oxygens (including phenoxy) is 1. The number of hydrogen-bond donors (Lipinski definition) is 1. The molecule has 1 saturated carbocycles. The first-order chi connectivity index (χ1) is 15.6. The number of anilines is 1. The minimum absolute atomic E-state index is 0.141. The van der Waals surface area contributed by atoms with Crippen LogP contribution >= 0.6 is 46.3 Å². The maximum atomic E-state index is 12.6. The van der Waals surface area contributed by atoms with E-state index in [9.17, 15) is 4.79 Å². The number of aromatic nitrogens is 4. The summed E-state index contributed by atoms with van der Waals surface area (Å²) in [4.78, 5) is 17.0. The molecule has 1 saturated heterocycles. The summed E-state index contributed by atoms with van der Waals surface area (Å²) in [7, 11) is 0. The van der Waals surface area contributed by atoms with Crippen LogP contribution in [-0.4, -0.2) is 44.1 Å². The highest BCUT2D eigenvalue weighted by molar-refractivity contribution is 7.99. The van der Waals surface area contributed by atoms with Gasteiger partial charge in [0.1, 0.15) is 5.82 Å². The van der Waals surface area contributed by atoms with Crippen molar-refractivity contribution in [3.8, 4) is 11.3 Å². The Hall–Kier alpha value is -1.65. The van der Waals surface area contributed by atoms with Gasteiger partial charge in [-0.15, -0.1) is 21.5 Å². The standard InChI is InChI=1S/C21H21Cl2N5O2S2/c22-13-5-6-15(16(23)8-13)17-10-31-20(24-17)25-18(29)11-32-21-27-26-19(12-3-4-12)28(21)9-14-2-1-7-30-14/h5-6,8,10,12,14H,1-4,7,9,11H2,(H,24,25,29). The molecule has 7 nitrogen and oxygen atoms in total. The Morgan fingerprint density at radius 1 is 1.28 bits per heavy atom. The zero-order chi connectivity index (χ0) is 22.1. The first-order valence-corrected chi connectivity index (χ1v) is 13.1. The lowest BCUT2D eigenvalue weighted by Crippen LogP contribution is -2.19. The molecule has 11 heteroatoms. The average Bonchev–Trinajstić information content (AvgIpc) is 3.14. The summed E-state index contributed by atoms with van der Waals surface area (Å²) in [6, 6.07) is 5.26. The average molecular weight is 510 g/mol. The lowest BCUT2D eigenvalue weighted by Gasteiger charge is -2.14. The van der Waals surface area contributed by atoms with Gasteiger partial charge in [-0.2, -0.15) is 0 Å². The maximum absolute atomic E-state index is 12.6. The molecule has 3 aromatic rings. The third-order valence-electron chi connectivity index (χ3n) is 5.39. The molecule has 1 atom stereocenters. The smallest absolute Gasteiger partial charge is 0.236 e. The number of carbonyl (C=O) groups excluding carboxylic acids is 1. The highest BCUT2D eigenvalue weighted by Gasteiger charge is 2.32. The van der Waals surface area contributed by atoms with Gasteiger partial charge in [0.05, 0.1) is 29.1 Å². The number of nitrogens with zero attached hydrogens (tertiary/aromatic N) is 4. The van der Waals surface area contributed by atoms with Crippen molar-refractivity contribution in [2.45, 2.75) is 49.4 Å². The zero-order valence-corrected chi connectivity index (χ0v) is 20.2. The topological polar surface area (TPSA) is 81.9 Å². The van der Waals surface area contributed by atoms with Gasteiger partial charge in [-0.3, -0.25) is 4.79 Å². The Morgan fingerprint density at radius 3 is 2.91 bits per heavy atom. The Labute approximate surface area is 203 Å². The summed E-state index contributed by atoms with van der Waals surface area (Å²) in [5, 5.41) is 15.9. The van der Waals surface area contributed by atoms with Crippen molar-refractivity contribution in [2.24, 2.45) is 0 Å². The van der Waals surface area contributed by atoms with Crippen LogP contribution in [-0.2, 0) is 16.1 Å². The van der Waals surface area contributed by atoms with Gasteiger partial charge in [-0.1, -0.05) is 35.0 Å². The number of benzene rings is 1. The molecule has 2 aliphatic rings. The van der Waals surface area contributed by atoms with E-state index in [1.807, 2.05) is 11.4 Å². The Kier molecular flexibility index (Phi) is 6.71. The first kappa shape index (κ1) is 22.2. The largest absolute Gasteiger partial charge is 0.376 e. The number of halogens is 2. The number of amides is 1. The predicted molar refractivity (Wildman–Crippen MR) is 128 cm³/mol. The van der Waals surface area contributed by atoms with Crippen molar-refractivity contribution in [1.29, 1.82) is 0 Å². The lowest BCUT2D eigenvalue weighted by molar-refractivity contribution is -0.113. The predicted octanol–water partition coefficient (Wildman–Crippen LogP) is 5.50. The van der Waals surface area contributed by atoms with Crippen LogP contribution < -0.4 is 5.32 Å². The highest BCUT2D eigenvalue weighted by Crippen LogP contribution is 2.40. The van der Waals surface area contributed by atoms with E-state index in [4.69, 9.17) is 27.9 Å². The Morgan fingerprint density at radius 2 is 2.16 bits per heavy atom. The van der Waals surface area contributed by atoms with Crippen LogP contribution in [0.25, 0.3) is 11.3 Å². The van der Waals surface area contributed by atoms with Crippen LogP contribution in [0.3, 0.4) is 0 Å². The highest BCUT2D eigenvalue weighted by atomic mass is 35.5. The maximum Gasteiger partial charge on any atom is 0.236 e. The van der Waals surface area contributed by atoms with Gasteiger partial charge in [0, 0.05) is 28.5 Å². The molecule has 1 aromatic carbocycles. The first-order valence-electron chi connectivity index (χ1n) is 10.4. The van der Waals surface area contributed by atoms with Gasteiger partial charge in [-0.25, -0.2) is 4.98 Å². The molecule has 1 aliphatic carbocycles. The molecular formula is C21H21Cl2N5O2S2. The van der Waals surface area contributed by atoms with Crippen molar-refractivity contribution in [1.82, 2.24) is 19.7 Å². The van der Waals surface area contributed by atoms with Crippen molar-refractivity contribution in [2.75, 3.05) is 17.7 Å². The third-order valence-corrected chi connectivity index (χ3v) is 7.66. The minimum atomic E-state index is -0.141. The van der Waals surface area contributed by atoms with Crippen LogP contribution in [0.2, 0.25) is 10.0 Å². The molecular weight excluding hydrogens is 489 g/mol. The quantitative estimate of drug-likeness (QED) is 0.404. The van der Waals surface area contributed by atoms with E-state index in [-0.39, 0.29) is 17.8 Å². The second kappa shape index (κ2) is 9.69. The van der Waals surface area contributed by atoms with E-state index in [0.717, 1.165) is 55.4 Å². The second-order valence-electron chi connectivity index (χ2n) is 7.86. The minimum Gasteiger partial charge on any atom is -0.376 e. The summed E-state index contributed by atoms with van der Waals surface area (Å²) in [5.74, 6) is 1.59. The fourth-order valence-corrected chi connectivity index (χ4v) is 5.64. The fraction of sp³-hybridized carbons (Fsp3) is 0.429. The molecule has 1 amide bonds. The summed E-state index contributed by atoms with van der Waals surface area (Å²) in [5.41, 5.74) is 1.47. The van der Waals surface area contributed by atoms with Gasteiger partial charge in [0.15, 0.2) is 10.3 Å². The molecule has 3 heterocycles. The van der Waals surface area contributed by atoms with Gasteiger partial charge in [-0.05, 0) is 43.9 Å². The van der Waals surface area contributed by atoms with Crippen molar-refractivity contribution in [3.05, 3.63) is 39.4 Å². The van der Waals surface area contributed by atoms with Crippen LogP contribution in [0.15, 0.2) is 28.7 Å². The fourth-order valence-electron chi connectivity index (χ4n) is 3.65. The number of thiazole rings is 1. The molecule has 32 heavy (non-hydrogen) atoms. The molecule has 1 aliphatic heterocycles. The van der Waals surface area contributed by atoms with Crippen molar-refractivity contribution < 1.29 is 9.53 Å². The van der Waals surface area contributed by atoms with E-state index < -0.39 is 0 Å². The van der Waals surface area contributed by atoms with Gasteiger partial charge in [0.2, 0.25) is 5.91 Å². The van der Waals surface area contributed by atoms with Gasteiger partial charge in [0.25, 0.3) is 0 Å². The summed E-state index contributed by atoms with van der Waals surface area (Å²) in [6.45, 7) is 1.56. The summed E-state index contributed by atoms with van der Waals surface area (Å²) < 4.78 is 7.95. The van der Waals surface area contributed by atoms with Crippen LogP contribution in [0, 0.1) is 0 Å². The van der Waals surface area contributed by atoms with Crippen LogP contribution in [0.4, 0.5) is 5.13 Å². The molecule has 5 rings (SSSR count). The number of nitrogens with one attached hydrogen (secondary N) is 1. The Bertz CT molecular complexity index is 1130. The molecule has 1 N–H and O–H groups in total. The number of carbonyl (C=O) groups is 1. The van der Waals surface area contributed by atoms with Gasteiger partial charge < -0.3 is 14.6 Å². The van der Waals surface area contributed by atoms with Crippen LogP contribution in [0.5, 0.6) is 0 Å². The summed E-state index contributed by atoms with van der Waals surface area (Å²) >= 11 is 15.0. The van der Waals surface area contributed by atoms with E-state index in [2.05, 4.69) is 25.1 Å². The zero-order valence-electron chi connectivity index (χ0n) is 17.1. The van der Waals surface area contributed by atoms with E-state index in [1.165, 1.54) is 23.1 Å². The monoisotopic (exact) mass is 509 g/mol. The normalized spacial score (nSPS) is 18.2. The van der Waals surface area contributed by atoms with Crippen molar-refractivity contribution in [3.63, 3.8) is 0 Å². The van der Waals surface area contributed by atoms with E-state index >= 15 is 0 Å². The number of rotatable bonds is 8. The number of thioether (sulfide) groups is 1. The lowest BCUT2D eigenvalue weighted by atomic mass is 10.2. The third kappa shape index (κ3) is 5.12. The molecule has 2 aromatic heterocycles. The molecule has 0 bridgehead atoms. The van der Waals surface area contributed by atoms with Crippen molar-refractivity contribution >= 4 is 57.3 Å². The molecule has 2 fully saturated rings. The Balaban J connectivity index is 1.22. The van der Waals surface area contributed by atoms with Gasteiger partial charge >= 0.3 is 0 Å². The van der Waals surface area contributed by atoms with E-state index in [0.29, 0.717) is 26.8 Å². The second-order valence-corrected chi connectivity index (χ2v) is 10.5. The number of hydrogen-bond acceptors (Lipinski definition) is 7. The molecule has 1 unspecified atom stereocenters. The summed E-state index contributed by atoms with van der Waals surface area (Å²) in [6.07, 6.45) is 4.65. The van der Waals surface area contributed by atoms with Crippen LogP contribution in [0.1, 0.15) is 37.4 Å². The van der Waals surface area contributed by atoms with E-state index in [1.54, 1.807) is 12.1 Å². The molecule has 168 valence electrons. The molecule has 0 radical (unpaired) electrons. The molecule has 0 spiro atoms. The SMILES string of the molecule is O=C(CSc1nnc(C2CC2)n1CC1CCCO1)Nc1nc(-c2ccc(Cl)cc2Cl)cs1.